The molecule has 0 bridgehead atoms. The van der Waals surface area contributed by atoms with Gasteiger partial charge in [0.15, 0.2) is 11.5 Å². The molecule has 1 fully saturated rings. The van der Waals surface area contributed by atoms with Gasteiger partial charge in [-0.25, -0.2) is 0 Å². The van der Waals surface area contributed by atoms with E-state index in [1.54, 1.807) is 16.9 Å². The Morgan fingerprint density at radius 3 is 2.64 bits per heavy atom. The van der Waals surface area contributed by atoms with Crippen LogP contribution in [0.2, 0.25) is 0 Å². The minimum Gasteiger partial charge on any atom is -0.493 e. The zero-order valence-electron chi connectivity index (χ0n) is 21.4. The predicted molar refractivity (Wildman–Crippen MR) is 139 cm³/mol. The molecule has 1 N–H and O–H groups in total. The minimum absolute atomic E-state index is 0.0164. The molecule has 0 aliphatic carbocycles. The number of carbonyl (C=O) groups is 2. The molecule has 36 heavy (non-hydrogen) atoms. The van der Waals surface area contributed by atoms with Gasteiger partial charge in [0.1, 0.15) is 6.04 Å². The molecule has 2 aliphatic heterocycles. The number of carbonyl (C=O) groups excluding carboxylic acids is 2. The molecule has 0 unspecified atom stereocenters. The van der Waals surface area contributed by atoms with E-state index >= 15 is 0 Å². The van der Waals surface area contributed by atoms with Gasteiger partial charge in [0, 0.05) is 29.6 Å². The van der Waals surface area contributed by atoms with E-state index in [2.05, 4.69) is 18.0 Å². The highest BCUT2D eigenvalue weighted by Crippen LogP contribution is 2.44. The van der Waals surface area contributed by atoms with Crippen LogP contribution in [0, 0.1) is 0 Å². The van der Waals surface area contributed by atoms with Crippen molar-refractivity contribution in [1.29, 1.82) is 0 Å². The maximum atomic E-state index is 13.8. The first-order valence-electron chi connectivity index (χ1n) is 13.1. The van der Waals surface area contributed by atoms with Crippen molar-refractivity contribution in [2.75, 3.05) is 26.8 Å². The van der Waals surface area contributed by atoms with E-state index in [9.17, 15) is 9.59 Å². The summed E-state index contributed by atoms with van der Waals surface area (Å²) in [5, 5.41) is 1.11. The monoisotopic (exact) mass is 489 g/mol. The number of H-pyrrole nitrogens is 1. The number of unbranched alkanes of at least 4 members (excludes halogenated alkanes) is 3. The van der Waals surface area contributed by atoms with Crippen LogP contribution in [0.15, 0.2) is 42.5 Å². The van der Waals surface area contributed by atoms with E-state index in [4.69, 9.17) is 9.47 Å². The van der Waals surface area contributed by atoms with Crippen LogP contribution in [0.3, 0.4) is 0 Å². The fourth-order valence-corrected chi connectivity index (χ4v) is 5.72. The number of rotatable bonds is 9. The molecular weight excluding hydrogens is 454 g/mol. The highest BCUT2D eigenvalue weighted by molar-refractivity contribution is 5.97. The van der Waals surface area contributed by atoms with E-state index in [1.165, 1.54) is 0 Å². The third-order valence-corrected chi connectivity index (χ3v) is 7.43. The summed E-state index contributed by atoms with van der Waals surface area (Å²) in [5.41, 5.74) is 3.99. The Labute approximate surface area is 212 Å². The van der Waals surface area contributed by atoms with Crippen LogP contribution in [0.5, 0.6) is 11.5 Å². The molecule has 1 aromatic heterocycles. The van der Waals surface area contributed by atoms with E-state index < -0.39 is 12.1 Å². The number of benzene rings is 2. The molecular formula is C29H35N3O4. The molecule has 3 aromatic rings. The summed E-state index contributed by atoms with van der Waals surface area (Å²) in [6.45, 7) is 5.39. The summed E-state index contributed by atoms with van der Waals surface area (Å²) < 4.78 is 11.4. The van der Waals surface area contributed by atoms with Gasteiger partial charge in [0.2, 0.25) is 11.8 Å². The zero-order chi connectivity index (χ0) is 25.2. The number of hydrogen-bond acceptors (Lipinski definition) is 4. The van der Waals surface area contributed by atoms with Crippen molar-refractivity contribution in [1.82, 2.24) is 14.8 Å². The molecule has 7 nitrogen and oxygen atoms in total. The van der Waals surface area contributed by atoms with Crippen LogP contribution in [-0.4, -0.2) is 59.4 Å². The largest absolute Gasteiger partial charge is 0.493 e. The lowest BCUT2D eigenvalue weighted by Crippen LogP contribution is -2.63. The topological polar surface area (TPSA) is 74.9 Å². The second kappa shape index (κ2) is 10.2. The molecule has 7 heteroatoms. The maximum Gasteiger partial charge on any atom is 0.246 e. The van der Waals surface area contributed by atoms with Gasteiger partial charge in [-0.15, -0.1) is 0 Å². The van der Waals surface area contributed by atoms with Gasteiger partial charge in [0.05, 0.1) is 26.3 Å². The van der Waals surface area contributed by atoms with Crippen molar-refractivity contribution >= 4 is 22.7 Å². The van der Waals surface area contributed by atoms with Crippen LogP contribution in [0.4, 0.5) is 0 Å². The molecule has 0 saturated carbocycles. The van der Waals surface area contributed by atoms with Crippen molar-refractivity contribution in [2.45, 2.75) is 58.0 Å². The zero-order valence-corrected chi connectivity index (χ0v) is 21.4. The number of aromatic amines is 1. The standard InChI is InChI=1S/C29H35N3O4/c1-4-6-7-10-15-31-18-26(33)32-23(29(31)34)17-21-20-11-8-9-12-22(20)30-27(21)28(32)19-13-14-24(36-5-2)25(16-19)35-3/h8-9,11-14,16,23,28,30H,4-7,10,15,17-18H2,1-3H3/t23-,28+/m0/s1. The van der Waals surface area contributed by atoms with Crippen LogP contribution in [0.1, 0.15) is 62.4 Å². The van der Waals surface area contributed by atoms with Crippen molar-refractivity contribution in [3.05, 3.63) is 59.3 Å². The molecule has 5 rings (SSSR count). The van der Waals surface area contributed by atoms with Crippen LogP contribution in [0.25, 0.3) is 10.9 Å². The van der Waals surface area contributed by atoms with E-state index in [-0.39, 0.29) is 18.4 Å². The fraction of sp³-hybridized carbons (Fsp3) is 0.448. The molecule has 190 valence electrons. The first kappa shape index (κ1) is 24.2. The summed E-state index contributed by atoms with van der Waals surface area (Å²) in [6.07, 6.45) is 4.80. The first-order chi connectivity index (χ1) is 17.6. The highest BCUT2D eigenvalue weighted by atomic mass is 16.5. The van der Waals surface area contributed by atoms with Crippen molar-refractivity contribution < 1.29 is 19.1 Å². The molecule has 1 saturated heterocycles. The molecule has 3 heterocycles. The third-order valence-electron chi connectivity index (χ3n) is 7.43. The SMILES string of the molecule is CCCCCCN1CC(=O)N2[C@H](c3ccc(OCC)c(OC)c3)c3[nH]c4ccccc4c3C[C@H]2C1=O. The smallest absolute Gasteiger partial charge is 0.246 e. The Kier molecular flexibility index (Phi) is 6.90. The van der Waals surface area contributed by atoms with Gasteiger partial charge in [-0.05, 0) is 42.7 Å². The average molecular weight is 490 g/mol. The lowest BCUT2D eigenvalue weighted by atomic mass is 9.86. The van der Waals surface area contributed by atoms with E-state index in [0.29, 0.717) is 31.1 Å². The Balaban J connectivity index is 1.58. The van der Waals surface area contributed by atoms with Gasteiger partial charge < -0.3 is 24.3 Å². The lowest BCUT2D eigenvalue weighted by molar-refractivity contribution is -0.158. The number of aromatic nitrogens is 1. The summed E-state index contributed by atoms with van der Waals surface area (Å²) in [5.74, 6) is 1.30. The summed E-state index contributed by atoms with van der Waals surface area (Å²) in [4.78, 5) is 34.6. The molecule has 2 atom stereocenters. The van der Waals surface area contributed by atoms with Gasteiger partial charge in [-0.3, -0.25) is 9.59 Å². The van der Waals surface area contributed by atoms with Crippen molar-refractivity contribution in [3.8, 4) is 11.5 Å². The number of piperazine rings is 1. The van der Waals surface area contributed by atoms with Crippen LogP contribution >= 0.6 is 0 Å². The van der Waals surface area contributed by atoms with Gasteiger partial charge in [-0.1, -0.05) is 50.5 Å². The Morgan fingerprint density at radius 1 is 1.03 bits per heavy atom. The Morgan fingerprint density at radius 2 is 1.86 bits per heavy atom. The van der Waals surface area contributed by atoms with Gasteiger partial charge >= 0.3 is 0 Å². The Hall–Kier alpha value is -3.48. The lowest BCUT2D eigenvalue weighted by Gasteiger charge is -2.47. The molecule has 2 aromatic carbocycles. The normalized spacial score (nSPS) is 19.4. The van der Waals surface area contributed by atoms with E-state index in [0.717, 1.165) is 53.4 Å². The number of methoxy groups -OCH3 is 1. The summed E-state index contributed by atoms with van der Waals surface area (Å²) in [7, 11) is 1.62. The predicted octanol–water partition coefficient (Wildman–Crippen LogP) is 4.84. The Bertz CT molecular complexity index is 1270. The number of para-hydroxylation sites is 1. The first-order valence-corrected chi connectivity index (χ1v) is 13.1. The van der Waals surface area contributed by atoms with Crippen LogP contribution < -0.4 is 9.47 Å². The number of hydrogen-bond donors (Lipinski definition) is 1. The van der Waals surface area contributed by atoms with Crippen LogP contribution in [-0.2, 0) is 16.0 Å². The number of nitrogens with one attached hydrogen (secondary N) is 1. The molecule has 2 aliphatic rings. The van der Waals surface area contributed by atoms with Crippen molar-refractivity contribution in [2.24, 2.45) is 0 Å². The third kappa shape index (κ3) is 4.21. The van der Waals surface area contributed by atoms with E-state index in [1.807, 2.05) is 43.3 Å². The number of fused-ring (bicyclic) bond motifs is 4. The van der Waals surface area contributed by atoms with Crippen molar-refractivity contribution in [3.63, 3.8) is 0 Å². The summed E-state index contributed by atoms with van der Waals surface area (Å²) >= 11 is 0. The summed E-state index contributed by atoms with van der Waals surface area (Å²) in [6, 6.07) is 13.0. The van der Waals surface area contributed by atoms with Gasteiger partial charge in [0.25, 0.3) is 0 Å². The second-order valence-corrected chi connectivity index (χ2v) is 9.65. The molecule has 2 amide bonds. The highest BCUT2D eigenvalue weighted by Gasteiger charge is 2.48. The number of nitrogens with zero attached hydrogens (tertiary/aromatic N) is 2. The minimum atomic E-state index is -0.522. The quantitative estimate of drug-likeness (QED) is 0.437. The number of ether oxygens (including phenoxy) is 2. The average Bonchev–Trinajstić information content (AvgIpc) is 3.27. The maximum absolute atomic E-state index is 13.8. The molecule has 0 radical (unpaired) electrons. The van der Waals surface area contributed by atoms with Gasteiger partial charge in [-0.2, -0.15) is 0 Å². The fourth-order valence-electron chi connectivity index (χ4n) is 5.72. The molecule has 0 spiro atoms. The number of amides is 2. The second-order valence-electron chi connectivity index (χ2n) is 9.65.